The number of hydrazone groups is 1. The van der Waals surface area contributed by atoms with Gasteiger partial charge in [0.1, 0.15) is 5.75 Å². The molecule has 1 saturated carbocycles. The van der Waals surface area contributed by atoms with Crippen LogP contribution in [0.2, 0.25) is 0 Å². The van der Waals surface area contributed by atoms with Crippen LogP contribution in [0.15, 0.2) is 39.9 Å². The van der Waals surface area contributed by atoms with Crippen molar-refractivity contribution in [3.63, 3.8) is 0 Å². The van der Waals surface area contributed by atoms with Gasteiger partial charge in [-0.1, -0.05) is 12.2 Å². The summed E-state index contributed by atoms with van der Waals surface area (Å²) in [6.45, 7) is 3.35. The summed E-state index contributed by atoms with van der Waals surface area (Å²) in [6, 6.07) is 5.15. The standard InChI is InChI=1S/C21H21BrN2O5/c1-11(2)29-17(25)10-28-16-6-3-12(7-15(16)22)9-23-24-20(26)18-13-4-5-14(8-13)19(18)21(24)27/h3-7,9,11,13-14,18-19H,8,10H2,1-2H3. The number of hydrogen-bond donors (Lipinski definition) is 0. The summed E-state index contributed by atoms with van der Waals surface area (Å²) < 4.78 is 11.1. The Bertz CT molecular complexity index is 896. The van der Waals surface area contributed by atoms with E-state index < -0.39 is 5.97 Å². The first kappa shape index (κ1) is 19.8. The van der Waals surface area contributed by atoms with E-state index in [4.69, 9.17) is 9.47 Å². The first-order valence-corrected chi connectivity index (χ1v) is 10.4. The van der Waals surface area contributed by atoms with Crippen LogP contribution in [0.4, 0.5) is 0 Å². The van der Waals surface area contributed by atoms with Crippen LogP contribution in [0, 0.1) is 23.7 Å². The SMILES string of the molecule is CC(C)OC(=O)COc1ccc(C=NN2C(=O)C3C4C=CC(C4)C3C2=O)cc1Br. The Morgan fingerprint density at radius 1 is 1.24 bits per heavy atom. The topological polar surface area (TPSA) is 85.3 Å². The monoisotopic (exact) mass is 460 g/mol. The van der Waals surface area contributed by atoms with Crippen LogP contribution in [0.25, 0.3) is 0 Å². The number of esters is 1. The lowest BCUT2D eigenvalue weighted by atomic mass is 9.85. The average Bonchev–Trinajstić information content (AvgIpc) is 3.33. The molecule has 1 heterocycles. The fourth-order valence-corrected chi connectivity index (χ4v) is 4.78. The molecule has 1 aromatic carbocycles. The fraction of sp³-hybridized carbons (Fsp3) is 0.429. The number of carbonyl (C=O) groups is 3. The minimum atomic E-state index is -0.447. The number of amides is 2. The van der Waals surface area contributed by atoms with Crippen LogP contribution in [-0.2, 0) is 19.1 Å². The number of benzene rings is 1. The maximum Gasteiger partial charge on any atom is 0.344 e. The van der Waals surface area contributed by atoms with Gasteiger partial charge in [0.2, 0.25) is 0 Å². The van der Waals surface area contributed by atoms with Gasteiger partial charge in [0.15, 0.2) is 6.61 Å². The maximum atomic E-state index is 12.6. The quantitative estimate of drug-likeness (QED) is 0.282. The zero-order valence-electron chi connectivity index (χ0n) is 16.1. The molecule has 1 saturated heterocycles. The Labute approximate surface area is 176 Å². The van der Waals surface area contributed by atoms with Crippen LogP contribution in [0.1, 0.15) is 25.8 Å². The molecule has 2 aliphatic carbocycles. The van der Waals surface area contributed by atoms with Crippen LogP contribution < -0.4 is 4.74 Å². The van der Waals surface area contributed by atoms with Gasteiger partial charge in [0.25, 0.3) is 11.8 Å². The first-order chi connectivity index (χ1) is 13.8. The van der Waals surface area contributed by atoms with E-state index in [2.05, 4.69) is 33.2 Å². The number of halogens is 1. The average molecular weight is 461 g/mol. The molecule has 4 rings (SSSR count). The lowest BCUT2D eigenvalue weighted by molar-refractivity contribution is -0.149. The van der Waals surface area contributed by atoms with E-state index in [1.807, 2.05) is 0 Å². The van der Waals surface area contributed by atoms with Crippen LogP contribution in [-0.4, -0.2) is 41.7 Å². The smallest absolute Gasteiger partial charge is 0.344 e. The van der Waals surface area contributed by atoms with Crippen LogP contribution in [0.5, 0.6) is 5.75 Å². The van der Waals surface area contributed by atoms with Gasteiger partial charge in [-0.15, -0.1) is 0 Å². The van der Waals surface area contributed by atoms with Gasteiger partial charge in [0.05, 0.1) is 28.6 Å². The molecule has 7 nitrogen and oxygen atoms in total. The molecule has 0 N–H and O–H groups in total. The second kappa shape index (κ2) is 7.74. The van der Waals surface area contributed by atoms with Crippen molar-refractivity contribution in [1.82, 2.24) is 5.01 Å². The molecule has 2 fully saturated rings. The van der Waals surface area contributed by atoms with E-state index in [1.54, 1.807) is 32.0 Å². The minimum absolute atomic E-state index is 0.162. The van der Waals surface area contributed by atoms with Crippen molar-refractivity contribution < 1.29 is 23.9 Å². The molecular formula is C21H21BrN2O5. The highest BCUT2D eigenvalue weighted by molar-refractivity contribution is 9.10. The van der Waals surface area contributed by atoms with Crippen molar-refractivity contribution in [1.29, 1.82) is 0 Å². The molecule has 29 heavy (non-hydrogen) atoms. The second-order valence-corrected chi connectivity index (χ2v) is 8.60. The van der Waals surface area contributed by atoms with Gasteiger partial charge in [-0.05, 0) is 71.8 Å². The summed E-state index contributed by atoms with van der Waals surface area (Å²) >= 11 is 3.39. The largest absolute Gasteiger partial charge is 0.481 e. The minimum Gasteiger partial charge on any atom is -0.481 e. The Kier molecular flexibility index (Phi) is 5.29. The zero-order valence-corrected chi connectivity index (χ0v) is 17.7. The third-order valence-electron chi connectivity index (χ3n) is 5.44. The van der Waals surface area contributed by atoms with E-state index in [1.165, 1.54) is 6.21 Å². The Balaban J connectivity index is 1.40. The number of hydrogen-bond acceptors (Lipinski definition) is 6. The van der Waals surface area contributed by atoms with Gasteiger partial charge < -0.3 is 9.47 Å². The van der Waals surface area contributed by atoms with E-state index in [9.17, 15) is 14.4 Å². The molecule has 1 aromatic rings. The maximum absolute atomic E-state index is 12.6. The third-order valence-corrected chi connectivity index (χ3v) is 6.06. The van der Waals surface area contributed by atoms with Crippen molar-refractivity contribution in [3.05, 3.63) is 40.4 Å². The van der Waals surface area contributed by atoms with E-state index in [-0.39, 0.29) is 48.2 Å². The third kappa shape index (κ3) is 3.73. The number of ether oxygens (including phenoxy) is 2. The number of imide groups is 1. The number of nitrogens with zero attached hydrogens (tertiary/aromatic N) is 2. The summed E-state index contributed by atoms with van der Waals surface area (Å²) in [5.41, 5.74) is 0.688. The Hall–Kier alpha value is -2.48. The summed E-state index contributed by atoms with van der Waals surface area (Å²) in [4.78, 5) is 36.9. The Morgan fingerprint density at radius 3 is 2.48 bits per heavy atom. The molecule has 8 heteroatoms. The first-order valence-electron chi connectivity index (χ1n) is 9.57. The summed E-state index contributed by atoms with van der Waals surface area (Å²) in [7, 11) is 0. The van der Waals surface area contributed by atoms with Gasteiger partial charge in [-0.3, -0.25) is 9.59 Å². The predicted octanol–water partition coefficient (Wildman–Crippen LogP) is 2.92. The lowest BCUT2D eigenvalue weighted by Crippen LogP contribution is -2.28. The molecule has 152 valence electrons. The van der Waals surface area contributed by atoms with Crippen molar-refractivity contribution in [2.75, 3.05) is 6.61 Å². The number of rotatable bonds is 6. The zero-order chi connectivity index (χ0) is 20.7. The highest BCUT2D eigenvalue weighted by Crippen LogP contribution is 2.52. The molecule has 2 bridgehead atoms. The highest BCUT2D eigenvalue weighted by Gasteiger charge is 2.59. The molecule has 4 unspecified atom stereocenters. The molecule has 0 radical (unpaired) electrons. The van der Waals surface area contributed by atoms with E-state index in [0.717, 1.165) is 11.4 Å². The second-order valence-electron chi connectivity index (χ2n) is 7.75. The molecule has 0 aromatic heterocycles. The van der Waals surface area contributed by atoms with Gasteiger partial charge in [-0.2, -0.15) is 10.1 Å². The number of allylic oxidation sites excluding steroid dienone is 2. The normalized spacial score (nSPS) is 27.4. The van der Waals surface area contributed by atoms with Crippen molar-refractivity contribution in [3.8, 4) is 5.75 Å². The fourth-order valence-electron chi connectivity index (χ4n) is 4.27. The van der Waals surface area contributed by atoms with Crippen molar-refractivity contribution in [2.45, 2.75) is 26.4 Å². The van der Waals surface area contributed by atoms with E-state index >= 15 is 0 Å². The molecule has 4 atom stereocenters. The van der Waals surface area contributed by atoms with Crippen LogP contribution >= 0.6 is 15.9 Å². The lowest BCUT2D eigenvalue weighted by Gasteiger charge is -2.13. The molecule has 3 aliphatic rings. The van der Waals surface area contributed by atoms with E-state index in [0.29, 0.717) is 15.8 Å². The number of carbonyl (C=O) groups excluding carboxylic acids is 3. The van der Waals surface area contributed by atoms with Gasteiger partial charge in [-0.25, -0.2) is 4.79 Å². The molecule has 0 spiro atoms. The molecular weight excluding hydrogens is 440 g/mol. The van der Waals surface area contributed by atoms with Gasteiger partial charge in [0, 0.05) is 0 Å². The Morgan fingerprint density at radius 2 is 1.90 bits per heavy atom. The van der Waals surface area contributed by atoms with Crippen LogP contribution in [0.3, 0.4) is 0 Å². The predicted molar refractivity (Wildman–Crippen MR) is 108 cm³/mol. The summed E-state index contributed by atoms with van der Waals surface area (Å²) in [5.74, 6) is -0.590. The van der Waals surface area contributed by atoms with Gasteiger partial charge >= 0.3 is 5.97 Å². The highest BCUT2D eigenvalue weighted by atomic mass is 79.9. The van der Waals surface area contributed by atoms with Crippen molar-refractivity contribution >= 4 is 39.9 Å². The van der Waals surface area contributed by atoms with Crippen molar-refractivity contribution in [2.24, 2.45) is 28.8 Å². The number of fused-ring (bicyclic) bond motifs is 5. The molecule has 2 amide bonds. The summed E-state index contributed by atoms with van der Waals surface area (Å²) in [5, 5.41) is 5.17. The summed E-state index contributed by atoms with van der Waals surface area (Å²) in [6.07, 6.45) is 6.28. The molecule has 1 aliphatic heterocycles.